The number of hydrogen-bond donors (Lipinski definition) is 1. The van der Waals surface area contributed by atoms with Crippen molar-refractivity contribution in [3.8, 4) is 0 Å². The quantitative estimate of drug-likeness (QED) is 0.889. The lowest BCUT2D eigenvalue weighted by atomic mass is 10.0. The molecule has 1 aliphatic rings. The van der Waals surface area contributed by atoms with E-state index < -0.39 is 5.97 Å². The van der Waals surface area contributed by atoms with Crippen LogP contribution in [0.4, 0.5) is 0 Å². The second-order valence-corrected chi connectivity index (χ2v) is 5.28. The van der Waals surface area contributed by atoms with Crippen LogP contribution in [0.5, 0.6) is 0 Å². The molecule has 2 atom stereocenters. The maximum Gasteiger partial charge on any atom is 0.306 e. The zero-order chi connectivity index (χ0) is 13.6. The van der Waals surface area contributed by atoms with Crippen LogP contribution in [0.1, 0.15) is 42.4 Å². The van der Waals surface area contributed by atoms with Gasteiger partial charge in [-0.3, -0.25) is 9.20 Å². The second-order valence-electron chi connectivity index (χ2n) is 5.28. The molecule has 2 heterocycles. The molecule has 1 saturated carbocycles. The Morgan fingerprint density at radius 1 is 1.37 bits per heavy atom. The highest BCUT2D eigenvalue weighted by atomic mass is 16.4. The van der Waals surface area contributed by atoms with E-state index in [2.05, 4.69) is 15.2 Å². The van der Waals surface area contributed by atoms with Crippen molar-refractivity contribution in [2.45, 2.75) is 39.0 Å². The van der Waals surface area contributed by atoms with E-state index in [1.807, 2.05) is 24.3 Å². The minimum absolute atomic E-state index is 0.166. The van der Waals surface area contributed by atoms with Gasteiger partial charge in [0.15, 0.2) is 0 Å². The highest BCUT2D eigenvalue weighted by Crippen LogP contribution is 2.37. The highest BCUT2D eigenvalue weighted by molar-refractivity contribution is 5.70. The molecule has 100 valence electrons. The van der Waals surface area contributed by atoms with Crippen molar-refractivity contribution in [3.05, 3.63) is 23.3 Å². The van der Waals surface area contributed by atoms with Crippen molar-refractivity contribution < 1.29 is 9.90 Å². The molecule has 6 heteroatoms. The van der Waals surface area contributed by atoms with Gasteiger partial charge in [0.2, 0.25) is 0 Å². The Morgan fingerprint density at radius 3 is 2.84 bits per heavy atom. The van der Waals surface area contributed by atoms with Crippen LogP contribution in [0.15, 0.2) is 6.07 Å². The van der Waals surface area contributed by atoms with Crippen LogP contribution in [-0.2, 0) is 4.79 Å². The maximum atomic E-state index is 11.0. The average molecular weight is 260 g/mol. The van der Waals surface area contributed by atoms with E-state index in [9.17, 15) is 4.79 Å². The first kappa shape index (κ1) is 12.1. The summed E-state index contributed by atoms with van der Waals surface area (Å²) in [6, 6.07) is 1.99. The van der Waals surface area contributed by atoms with Crippen molar-refractivity contribution in [3.63, 3.8) is 0 Å². The highest BCUT2D eigenvalue weighted by Gasteiger charge is 2.33. The lowest BCUT2D eigenvalue weighted by Gasteiger charge is -2.09. The van der Waals surface area contributed by atoms with Crippen LogP contribution in [0.3, 0.4) is 0 Å². The molecule has 0 radical (unpaired) electrons. The number of aryl methyl sites for hydroxylation is 2. The number of rotatable bonds is 2. The SMILES string of the molecule is Cc1cc(C)n2c(C3CCC(C(=O)O)C3)nnc2n1. The Hall–Kier alpha value is -1.98. The van der Waals surface area contributed by atoms with E-state index in [-0.39, 0.29) is 11.8 Å². The fraction of sp³-hybridized carbons (Fsp3) is 0.538. The topological polar surface area (TPSA) is 80.4 Å². The summed E-state index contributed by atoms with van der Waals surface area (Å²) in [4.78, 5) is 15.4. The molecule has 0 aliphatic heterocycles. The van der Waals surface area contributed by atoms with Crippen molar-refractivity contribution in [1.29, 1.82) is 0 Å². The zero-order valence-electron chi connectivity index (χ0n) is 11.0. The molecule has 1 aliphatic carbocycles. The predicted molar refractivity (Wildman–Crippen MR) is 68.0 cm³/mol. The summed E-state index contributed by atoms with van der Waals surface area (Å²) in [5.74, 6) is 0.660. The normalized spacial score (nSPS) is 23.1. The fourth-order valence-electron chi connectivity index (χ4n) is 2.96. The summed E-state index contributed by atoms with van der Waals surface area (Å²) >= 11 is 0. The lowest BCUT2D eigenvalue weighted by molar-refractivity contribution is -0.141. The molecule has 19 heavy (non-hydrogen) atoms. The molecule has 0 aromatic carbocycles. The summed E-state index contributed by atoms with van der Waals surface area (Å²) in [5, 5.41) is 17.4. The largest absolute Gasteiger partial charge is 0.481 e. The molecule has 2 unspecified atom stereocenters. The van der Waals surface area contributed by atoms with Gasteiger partial charge in [0.1, 0.15) is 5.82 Å². The van der Waals surface area contributed by atoms with Gasteiger partial charge in [-0.25, -0.2) is 4.98 Å². The number of aliphatic carboxylic acids is 1. The summed E-state index contributed by atoms with van der Waals surface area (Å²) in [7, 11) is 0. The van der Waals surface area contributed by atoms with Crippen molar-refractivity contribution in [2.75, 3.05) is 0 Å². The first-order chi connectivity index (χ1) is 9.06. The first-order valence-corrected chi connectivity index (χ1v) is 6.48. The fourth-order valence-corrected chi connectivity index (χ4v) is 2.96. The van der Waals surface area contributed by atoms with Crippen LogP contribution in [0, 0.1) is 19.8 Å². The standard InChI is InChI=1S/C13H16N4O2/c1-7-5-8(2)17-11(15-16-13(17)14-7)9-3-4-10(6-9)12(18)19/h5,9-10H,3-4,6H2,1-2H3,(H,18,19). The molecule has 1 fully saturated rings. The number of carbonyl (C=O) groups is 1. The van der Waals surface area contributed by atoms with E-state index >= 15 is 0 Å². The number of carboxylic acid groups (broad SMARTS) is 1. The predicted octanol–water partition coefficient (Wildman–Crippen LogP) is 1.71. The Morgan fingerprint density at radius 2 is 2.16 bits per heavy atom. The van der Waals surface area contributed by atoms with Crippen LogP contribution in [0.2, 0.25) is 0 Å². The first-order valence-electron chi connectivity index (χ1n) is 6.48. The van der Waals surface area contributed by atoms with Crippen LogP contribution in [-0.4, -0.2) is 30.7 Å². The molecule has 0 saturated heterocycles. The van der Waals surface area contributed by atoms with Gasteiger partial charge in [0.25, 0.3) is 5.78 Å². The number of aromatic nitrogens is 4. The van der Waals surface area contributed by atoms with E-state index in [1.54, 1.807) is 0 Å². The molecule has 1 N–H and O–H groups in total. The third-order valence-electron chi connectivity index (χ3n) is 3.86. The van der Waals surface area contributed by atoms with E-state index in [1.165, 1.54) is 0 Å². The molecule has 0 bridgehead atoms. The monoisotopic (exact) mass is 260 g/mol. The van der Waals surface area contributed by atoms with Crippen LogP contribution < -0.4 is 0 Å². The molecule has 6 nitrogen and oxygen atoms in total. The zero-order valence-corrected chi connectivity index (χ0v) is 11.0. The van der Waals surface area contributed by atoms with Gasteiger partial charge in [-0.2, -0.15) is 0 Å². The average Bonchev–Trinajstić information content (AvgIpc) is 2.93. The van der Waals surface area contributed by atoms with Gasteiger partial charge in [-0.1, -0.05) is 0 Å². The van der Waals surface area contributed by atoms with Gasteiger partial charge in [0, 0.05) is 17.3 Å². The number of nitrogens with zero attached hydrogens (tertiary/aromatic N) is 4. The summed E-state index contributed by atoms with van der Waals surface area (Å²) in [6.07, 6.45) is 2.21. The van der Waals surface area contributed by atoms with Gasteiger partial charge in [-0.15, -0.1) is 10.2 Å². The number of fused-ring (bicyclic) bond motifs is 1. The van der Waals surface area contributed by atoms with Crippen LogP contribution in [0.25, 0.3) is 5.78 Å². The lowest BCUT2D eigenvalue weighted by Crippen LogP contribution is -2.10. The summed E-state index contributed by atoms with van der Waals surface area (Å²) < 4.78 is 1.95. The molecule has 2 aromatic rings. The number of hydrogen-bond acceptors (Lipinski definition) is 4. The van der Waals surface area contributed by atoms with Gasteiger partial charge < -0.3 is 5.11 Å². The van der Waals surface area contributed by atoms with Gasteiger partial charge in [-0.05, 0) is 39.2 Å². The molecular formula is C13H16N4O2. The smallest absolute Gasteiger partial charge is 0.306 e. The summed E-state index contributed by atoms with van der Waals surface area (Å²) in [5.41, 5.74) is 1.96. The Kier molecular flexibility index (Phi) is 2.73. The third kappa shape index (κ3) is 1.97. The Bertz CT molecular complexity index is 649. The molecule has 3 rings (SSSR count). The Labute approximate surface area is 110 Å². The molecule has 2 aromatic heterocycles. The van der Waals surface area contributed by atoms with E-state index in [0.717, 1.165) is 23.6 Å². The number of carboxylic acids is 1. The minimum Gasteiger partial charge on any atom is -0.481 e. The third-order valence-corrected chi connectivity index (χ3v) is 3.86. The minimum atomic E-state index is -0.706. The van der Waals surface area contributed by atoms with E-state index in [0.29, 0.717) is 18.6 Å². The molecular weight excluding hydrogens is 244 g/mol. The van der Waals surface area contributed by atoms with Crippen molar-refractivity contribution in [1.82, 2.24) is 19.6 Å². The van der Waals surface area contributed by atoms with Crippen LogP contribution >= 0.6 is 0 Å². The molecule has 0 spiro atoms. The van der Waals surface area contributed by atoms with Crippen molar-refractivity contribution >= 4 is 11.7 Å². The summed E-state index contributed by atoms with van der Waals surface area (Å²) in [6.45, 7) is 3.93. The second kappa shape index (κ2) is 4.29. The van der Waals surface area contributed by atoms with Crippen molar-refractivity contribution in [2.24, 2.45) is 5.92 Å². The van der Waals surface area contributed by atoms with Gasteiger partial charge >= 0.3 is 5.97 Å². The van der Waals surface area contributed by atoms with Gasteiger partial charge in [0.05, 0.1) is 5.92 Å². The molecule has 0 amide bonds. The Balaban J connectivity index is 2.00. The van der Waals surface area contributed by atoms with E-state index in [4.69, 9.17) is 5.11 Å². The maximum absolute atomic E-state index is 11.0.